The first-order valence-corrected chi connectivity index (χ1v) is 7.86. The molecule has 0 aliphatic carbocycles. The second-order valence-corrected chi connectivity index (χ2v) is 6.00. The van der Waals surface area contributed by atoms with Gasteiger partial charge in [0.25, 0.3) is 0 Å². The number of carbonyl (C=O) groups excluding carboxylic acids is 1. The molecule has 0 spiro atoms. The molecular weight excluding hydrogens is 304 g/mol. The van der Waals surface area contributed by atoms with Gasteiger partial charge in [0.2, 0.25) is 5.91 Å². The molecule has 0 fully saturated rings. The second-order valence-electron chi connectivity index (χ2n) is 4.96. The van der Waals surface area contributed by atoms with Gasteiger partial charge in [0.1, 0.15) is 0 Å². The lowest BCUT2D eigenvalue weighted by Crippen LogP contribution is -2.31. The normalized spacial score (nSPS) is 12.0. The fraction of sp³-hybridized carbons (Fsp3) is 0.235. The van der Waals surface area contributed by atoms with Crippen LogP contribution in [0.1, 0.15) is 18.5 Å². The van der Waals surface area contributed by atoms with Crippen molar-refractivity contribution in [3.8, 4) is 0 Å². The van der Waals surface area contributed by atoms with E-state index in [-0.39, 0.29) is 11.9 Å². The summed E-state index contributed by atoms with van der Waals surface area (Å²) in [6.45, 7) is 1.79. The highest BCUT2D eigenvalue weighted by Gasteiger charge is 2.18. The molecule has 116 valence electrons. The minimum atomic E-state index is -0.899. The van der Waals surface area contributed by atoms with E-state index >= 15 is 0 Å². The molecule has 22 heavy (non-hydrogen) atoms. The summed E-state index contributed by atoms with van der Waals surface area (Å²) in [5.41, 5.74) is 0.569. The lowest BCUT2D eigenvalue weighted by Gasteiger charge is -2.25. The van der Waals surface area contributed by atoms with Crippen LogP contribution in [0.25, 0.3) is 0 Å². The van der Waals surface area contributed by atoms with Gasteiger partial charge < -0.3 is 4.90 Å². The highest BCUT2D eigenvalue weighted by Crippen LogP contribution is 2.23. The molecule has 1 unspecified atom stereocenters. The molecule has 2 aromatic rings. The van der Waals surface area contributed by atoms with E-state index in [1.165, 1.54) is 17.8 Å². The maximum absolute atomic E-state index is 13.3. The van der Waals surface area contributed by atoms with Gasteiger partial charge in [0.15, 0.2) is 11.6 Å². The van der Waals surface area contributed by atoms with Crippen molar-refractivity contribution >= 4 is 17.7 Å². The molecule has 0 aromatic heterocycles. The van der Waals surface area contributed by atoms with E-state index in [9.17, 15) is 13.6 Å². The molecule has 0 radical (unpaired) electrons. The topological polar surface area (TPSA) is 20.3 Å². The molecule has 5 heteroatoms. The Kier molecular flexibility index (Phi) is 5.55. The second kappa shape index (κ2) is 7.40. The quantitative estimate of drug-likeness (QED) is 0.766. The van der Waals surface area contributed by atoms with Crippen LogP contribution in [0.15, 0.2) is 53.4 Å². The maximum Gasteiger partial charge on any atom is 0.233 e. The lowest BCUT2D eigenvalue weighted by atomic mass is 10.1. The SMILES string of the molecule is CC(c1ccc(F)c(F)c1)N(C)C(=O)CSc1ccccc1. The molecule has 0 bridgehead atoms. The summed E-state index contributed by atoms with van der Waals surface area (Å²) in [4.78, 5) is 14.8. The van der Waals surface area contributed by atoms with Crippen molar-refractivity contribution in [1.82, 2.24) is 4.90 Å². The van der Waals surface area contributed by atoms with E-state index in [1.807, 2.05) is 30.3 Å². The number of hydrogen-bond acceptors (Lipinski definition) is 2. The van der Waals surface area contributed by atoms with Gasteiger partial charge in [-0.3, -0.25) is 4.79 Å². The van der Waals surface area contributed by atoms with Crippen molar-refractivity contribution in [3.63, 3.8) is 0 Å². The number of nitrogens with zero attached hydrogens (tertiary/aromatic N) is 1. The van der Waals surface area contributed by atoms with Crippen molar-refractivity contribution in [2.75, 3.05) is 12.8 Å². The molecule has 1 amide bonds. The van der Waals surface area contributed by atoms with Gasteiger partial charge in [-0.05, 0) is 36.8 Å². The minimum absolute atomic E-state index is 0.0638. The molecule has 2 aromatic carbocycles. The number of benzene rings is 2. The number of rotatable bonds is 5. The van der Waals surface area contributed by atoms with Crippen LogP contribution in [-0.2, 0) is 4.79 Å². The van der Waals surface area contributed by atoms with Crippen LogP contribution < -0.4 is 0 Å². The van der Waals surface area contributed by atoms with Crippen LogP contribution in [0.5, 0.6) is 0 Å². The van der Waals surface area contributed by atoms with E-state index < -0.39 is 11.6 Å². The number of thioether (sulfide) groups is 1. The van der Waals surface area contributed by atoms with Crippen molar-refractivity contribution in [1.29, 1.82) is 0 Å². The Morgan fingerprint density at radius 1 is 1.14 bits per heavy atom. The molecule has 0 N–H and O–H groups in total. The van der Waals surface area contributed by atoms with Crippen LogP contribution in [0.4, 0.5) is 8.78 Å². The molecule has 2 rings (SSSR count). The largest absolute Gasteiger partial charge is 0.338 e. The Labute approximate surface area is 133 Å². The molecule has 1 atom stereocenters. The van der Waals surface area contributed by atoms with Gasteiger partial charge in [-0.1, -0.05) is 24.3 Å². The highest BCUT2D eigenvalue weighted by molar-refractivity contribution is 8.00. The summed E-state index contributed by atoms with van der Waals surface area (Å²) in [6.07, 6.45) is 0. The Balaban J connectivity index is 1.98. The van der Waals surface area contributed by atoms with Gasteiger partial charge >= 0.3 is 0 Å². The van der Waals surface area contributed by atoms with Gasteiger partial charge in [0.05, 0.1) is 11.8 Å². The average Bonchev–Trinajstić information content (AvgIpc) is 2.54. The number of amides is 1. The molecule has 2 nitrogen and oxygen atoms in total. The third-order valence-corrected chi connectivity index (χ3v) is 4.50. The Morgan fingerprint density at radius 2 is 1.82 bits per heavy atom. The van der Waals surface area contributed by atoms with Gasteiger partial charge in [-0.2, -0.15) is 0 Å². The zero-order valence-electron chi connectivity index (χ0n) is 12.4. The van der Waals surface area contributed by atoms with Gasteiger partial charge in [-0.15, -0.1) is 11.8 Å². The Bertz CT molecular complexity index is 648. The minimum Gasteiger partial charge on any atom is -0.338 e. The molecule has 0 saturated carbocycles. The number of hydrogen-bond donors (Lipinski definition) is 0. The van der Waals surface area contributed by atoms with Gasteiger partial charge in [0, 0.05) is 11.9 Å². The summed E-state index contributed by atoms with van der Waals surface area (Å²) < 4.78 is 26.3. The average molecular weight is 321 g/mol. The molecule has 0 saturated heterocycles. The number of carbonyl (C=O) groups is 1. The third-order valence-electron chi connectivity index (χ3n) is 3.51. The first kappa shape index (κ1) is 16.5. The van der Waals surface area contributed by atoms with E-state index in [1.54, 1.807) is 18.9 Å². The van der Waals surface area contributed by atoms with Crippen LogP contribution >= 0.6 is 11.8 Å². The maximum atomic E-state index is 13.3. The first-order valence-electron chi connectivity index (χ1n) is 6.87. The summed E-state index contributed by atoms with van der Waals surface area (Å²) >= 11 is 1.45. The summed E-state index contributed by atoms with van der Waals surface area (Å²) in [6, 6.07) is 13.0. The predicted octanol–water partition coefficient (Wildman–Crippen LogP) is 4.28. The molecular formula is C17H17F2NOS. The highest BCUT2D eigenvalue weighted by atomic mass is 32.2. The van der Waals surface area contributed by atoms with E-state index in [0.717, 1.165) is 17.0 Å². The first-order chi connectivity index (χ1) is 10.5. The monoisotopic (exact) mass is 321 g/mol. The van der Waals surface area contributed by atoms with E-state index in [2.05, 4.69) is 0 Å². The van der Waals surface area contributed by atoms with Gasteiger partial charge in [-0.25, -0.2) is 8.78 Å². The third kappa shape index (κ3) is 4.07. The standard InChI is InChI=1S/C17H17F2NOS/c1-12(13-8-9-15(18)16(19)10-13)20(2)17(21)11-22-14-6-4-3-5-7-14/h3-10,12H,11H2,1-2H3. The zero-order chi connectivity index (χ0) is 16.1. The Morgan fingerprint density at radius 3 is 2.45 bits per heavy atom. The molecule has 0 heterocycles. The summed E-state index contributed by atoms with van der Waals surface area (Å²) in [7, 11) is 1.67. The van der Waals surface area contributed by atoms with E-state index in [0.29, 0.717) is 11.3 Å². The van der Waals surface area contributed by atoms with Crippen molar-refractivity contribution in [3.05, 3.63) is 65.7 Å². The zero-order valence-corrected chi connectivity index (χ0v) is 13.2. The van der Waals surface area contributed by atoms with Crippen molar-refractivity contribution < 1.29 is 13.6 Å². The molecule has 0 aliphatic heterocycles. The van der Waals surface area contributed by atoms with Crippen molar-refractivity contribution in [2.45, 2.75) is 17.9 Å². The summed E-state index contributed by atoms with van der Waals surface area (Å²) in [5, 5.41) is 0. The van der Waals surface area contributed by atoms with Crippen LogP contribution in [0, 0.1) is 11.6 Å². The van der Waals surface area contributed by atoms with Crippen molar-refractivity contribution in [2.24, 2.45) is 0 Å². The Hall–Kier alpha value is -1.88. The fourth-order valence-corrected chi connectivity index (χ4v) is 2.82. The van der Waals surface area contributed by atoms with Crippen LogP contribution in [-0.4, -0.2) is 23.6 Å². The predicted molar refractivity (Wildman–Crippen MR) is 84.7 cm³/mol. The van der Waals surface area contributed by atoms with E-state index in [4.69, 9.17) is 0 Å². The van der Waals surface area contributed by atoms with Crippen LogP contribution in [0.2, 0.25) is 0 Å². The number of halogens is 2. The summed E-state index contributed by atoms with van der Waals surface area (Å²) in [5.74, 6) is -1.55. The fourth-order valence-electron chi connectivity index (χ4n) is 1.98. The molecule has 0 aliphatic rings. The van der Waals surface area contributed by atoms with Crippen LogP contribution in [0.3, 0.4) is 0 Å². The lowest BCUT2D eigenvalue weighted by molar-refractivity contribution is -0.128. The smallest absolute Gasteiger partial charge is 0.233 e.